The zero-order valence-electron chi connectivity index (χ0n) is 18.0. The molecule has 0 aliphatic heterocycles. The molecule has 0 atom stereocenters. The van der Waals surface area contributed by atoms with Crippen LogP contribution >= 0.6 is 39.0 Å². The third-order valence-electron chi connectivity index (χ3n) is 5.77. The van der Waals surface area contributed by atoms with Crippen LogP contribution in [0.25, 0.3) is 15.9 Å². The highest BCUT2D eigenvalue weighted by Crippen LogP contribution is 2.35. The van der Waals surface area contributed by atoms with Crippen molar-refractivity contribution < 1.29 is 9.53 Å². The van der Waals surface area contributed by atoms with Crippen molar-refractivity contribution in [2.24, 2.45) is 0 Å². The number of aryl methyl sites for hydroxylation is 2. The second kappa shape index (κ2) is 9.44. The number of benzene rings is 2. The van der Waals surface area contributed by atoms with Crippen molar-refractivity contribution in [3.05, 3.63) is 79.4 Å². The molecule has 5 nitrogen and oxygen atoms in total. The number of hydrogen-bond acceptors (Lipinski definition) is 6. The van der Waals surface area contributed by atoms with Gasteiger partial charge in [-0.2, -0.15) is 0 Å². The molecule has 0 N–H and O–H groups in total. The Balaban J connectivity index is 1.58. The van der Waals surface area contributed by atoms with Crippen LogP contribution in [0.5, 0.6) is 5.75 Å². The molecule has 2 aromatic heterocycles. The van der Waals surface area contributed by atoms with E-state index < -0.39 is 0 Å². The van der Waals surface area contributed by atoms with Gasteiger partial charge in [0.1, 0.15) is 10.6 Å². The minimum absolute atomic E-state index is 0.0407. The van der Waals surface area contributed by atoms with Crippen LogP contribution in [0.15, 0.2) is 63.0 Å². The van der Waals surface area contributed by atoms with Crippen LogP contribution in [0.1, 0.15) is 33.6 Å². The maximum Gasteiger partial charge on any atom is 0.267 e. The van der Waals surface area contributed by atoms with Gasteiger partial charge in [-0.15, -0.1) is 11.3 Å². The largest absolute Gasteiger partial charge is 0.497 e. The Bertz CT molecular complexity index is 1410. The van der Waals surface area contributed by atoms with E-state index in [0.717, 1.165) is 51.6 Å². The van der Waals surface area contributed by atoms with Gasteiger partial charge in [-0.05, 0) is 67.6 Å². The Hall–Kier alpha value is -2.42. The van der Waals surface area contributed by atoms with Gasteiger partial charge in [-0.3, -0.25) is 14.2 Å². The molecule has 5 rings (SSSR count). The molecular formula is C25H21BrN2O3S2. The van der Waals surface area contributed by atoms with Crippen LogP contribution in [0.4, 0.5) is 0 Å². The first-order chi connectivity index (χ1) is 16.0. The van der Waals surface area contributed by atoms with Gasteiger partial charge in [0.15, 0.2) is 10.9 Å². The van der Waals surface area contributed by atoms with Crippen molar-refractivity contribution in [3.8, 4) is 11.4 Å². The number of thioether (sulfide) groups is 1. The molecule has 8 heteroatoms. The lowest BCUT2D eigenvalue weighted by Gasteiger charge is -2.13. The zero-order valence-corrected chi connectivity index (χ0v) is 21.2. The minimum Gasteiger partial charge on any atom is -0.497 e. The Labute approximate surface area is 207 Å². The maximum atomic E-state index is 13.8. The molecule has 1 aliphatic rings. The molecule has 33 heavy (non-hydrogen) atoms. The van der Waals surface area contributed by atoms with Crippen molar-refractivity contribution in [1.82, 2.24) is 9.55 Å². The normalized spacial score (nSPS) is 13.2. The van der Waals surface area contributed by atoms with Crippen LogP contribution in [-0.2, 0) is 12.8 Å². The molecule has 0 bridgehead atoms. The van der Waals surface area contributed by atoms with Crippen LogP contribution in [-0.4, -0.2) is 28.2 Å². The van der Waals surface area contributed by atoms with Crippen molar-refractivity contribution in [2.75, 3.05) is 12.9 Å². The lowest BCUT2D eigenvalue weighted by molar-refractivity contribution is 0.102. The quantitative estimate of drug-likeness (QED) is 0.168. The molecule has 168 valence electrons. The van der Waals surface area contributed by atoms with Gasteiger partial charge < -0.3 is 4.74 Å². The Morgan fingerprint density at radius 1 is 1.18 bits per heavy atom. The summed E-state index contributed by atoms with van der Waals surface area (Å²) in [5.41, 5.74) is 2.42. The monoisotopic (exact) mass is 540 g/mol. The number of Topliss-reactive ketones (excluding diaryl/α,β-unsaturated/α-hetero) is 1. The number of halogens is 1. The summed E-state index contributed by atoms with van der Waals surface area (Å²) in [4.78, 5) is 33.6. The molecular weight excluding hydrogens is 520 g/mol. The van der Waals surface area contributed by atoms with E-state index in [9.17, 15) is 9.59 Å². The summed E-state index contributed by atoms with van der Waals surface area (Å²) >= 11 is 6.38. The van der Waals surface area contributed by atoms with Gasteiger partial charge in [0, 0.05) is 14.9 Å². The summed E-state index contributed by atoms with van der Waals surface area (Å²) < 4.78 is 7.83. The van der Waals surface area contributed by atoms with Crippen molar-refractivity contribution >= 4 is 55.0 Å². The van der Waals surface area contributed by atoms with E-state index in [1.165, 1.54) is 16.6 Å². The molecule has 0 amide bonds. The maximum absolute atomic E-state index is 13.8. The van der Waals surface area contributed by atoms with Crippen LogP contribution < -0.4 is 10.3 Å². The SMILES string of the molecule is COc1cccc(C(=O)CSc2nc3sc4c(c3c(=O)n2-c2ccc(Br)cc2)CCCC4)c1. The molecule has 1 aliphatic carbocycles. The molecule has 0 radical (unpaired) electrons. The van der Waals surface area contributed by atoms with Gasteiger partial charge >= 0.3 is 0 Å². The molecule has 0 spiro atoms. The number of aromatic nitrogens is 2. The zero-order chi connectivity index (χ0) is 22.9. The van der Waals surface area contributed by atoms with Crippen LogP contribution in [0, 0.1) is 0 Å². The molecule has 4 aromatic rings. The van der Waals surface area contributed by atoms with Crippen molar-refractivity contribution in [3.63, 3.8) is 0 Å². The fraction of sp³-hybridized carbons (Fsp3) is 0.240. The average Bonchev–Trinajstić information content (AvgIpc) is 3.22. The number of carbonyl (C=O) groups excluding carboxylic acids is 1. The van der Waals surface area contributed by atoms with Gasteiger partial charge in [-0.25, -0.2) is 4.98 Å². The molecule has 0 saturated heterocycles. The summed E-state index contributed by atoms with van der Waals surface area (Å²) in [5.74, 6) is 0.773. The highest BCUT2D eigenvalue weighted by atomic mass is 79.9. The molecule has 0 fully saturated rings. The fourth-order valence-corrected chi connectivity index (χ4v) is 6.58. The molecule has 0 saturated carbocycles. The average molecular weight is 541 g/mol. The smallest absolute Gasteiger partial charge is 0.267 e. The number of ketones is 1. The molecule has 2 heterocycles. The predicted octanol–water partition coefficient (Wildman–Crippen LogP) is 6.07. The first-order valence-corrected chi connectivity index (χ1v) is 13.3. The molecule has 0 unspecified atom stereocenters. The first kappa shape index (κ1) is 22.4. The number of rotatable bonds is 6. The second-order valence-electron chi connectivity index (χ2n) is 7.85. The topological polar surface area (TPSA) is 61.2 Å². The van der Waals surface area contributed by atoms with E-state index >= 15 is 0 Å². The summed E-state index contributed by atoms with van der Waals surface area (Å²) in [5, 5.41) is 1.27. The number of ether oxygens (including phenoxy) is 1. The Morgan fingerprint density at radius 3 is 2.76 bits per heavy atom. The lowest BCUT2D eigenvalue weighted by Crippen LogP contribution is -2.22. The van der Waals surface area contributed by atoms with E-state index in [2.05, 4.69) is 15.9 Å². The molecule has 2 aromatic carbocycles. The third kappa shape index (κ3) is 4.39. The van der Waals surface area contributed by atoms with E-state index in [1.807, 2.05) is 30.3 Å². The van der Waals surface area contributed by atoms with Crippen LogP contribution in [0.2, 0.25) is 0 Å². The second-order valence-corrected chi connectivity index (χ2v) is 10.8. The highest BCUT2D eigenvalue weighted by Gasteiger charge is 2.23. The van der Waals surface area contributed by atoms with E-state index in [1.54, 1.807) is 41.2 Å². The van der Waals surface area contributed by atoms with Crippen LogP contribution in [0.3, 0.4) is 0 Å². The fourth-order valence-electron chi connectivity index (χ4n) is 4.11. The standard InChI is InChI=1S/C25H21BrN2O3S2/c1-31-18-6-4-5-15(13-18)20(29)14-32-25-27-23-22(19-7-2-3-8-21(19)33-23)24(30)28(25)17-11-9-16(26)10-12-17/h4-6,9-13H,2-3,7-8,14H2,1H3. The van der Waals surface area contributed by atoms with Crippen molar-refractivity contribution in [1.29, 1.82) is 0 Å². The summed E-state index contributed by atoms with van der Waals surface area (Å²) in [6.07, 6.45) is 4.18. The number of carbonyl (C=O) groups is 1. The lowest BCUT2D eigenvalue weighted by atomic mass is 9.97. The number of fused-ring (bicyclic) bond motifs is 3. The van der Waals surface area contributed by atoms with E-state index in [-0.39, 0.29) is 17.1 Å². The Kier molecular flexibility index (Phi) is 6.40. The van der Waals surface area contributed by atoms with Gasteiger partial charge in [0.05, 0.1) is 23.9 Å². The number of thiophene rings is 1. The Morgan fingerprint density at radius 2 is 1.97 bits per heavy atom. The third-order valence-corrected chi connectivity index (χ3v) is 8.42. The van der Waals surface area contributed by atoms with Gasteiger partial charge in [0.25, 0.3) is 5.56 Å². The van der Waals surface area contributed by atoms with E-state index in [0.29, 0.717) is 16.5 Å². The van der Waals surface area contributed by atoms with Gasteiger partial charge in [-0.1, -0.05) is 39.8 Å². The number of methoxy groups -OCH3 is 1. The minimum atomic E-state index is -0.0574. The highest BCUT2D eigenvalue weighted by molar-refractivity contribution is 9.10. The predicted molar refractivity (Wildman–Crippen MR) is 138 cm³/mol. The summed E-state index contributed by atoms with van der Waals surface area (Å²) in [6, 6.07) is 14.7. The van der Waals surface area contributed by atoms with Gasteiger partial charge in [0.2, 0.25) is 0 Å². The first-order valence-electron chi connectivity index (χ1n) is 10.7. The van der Waals surface area contributed by atoms with Crippen molar-refractivity contribution in [2.45, 2.75) is 30.8 Å². The number of hydrogen-bond donors (Lipinski definition) is 0. The number of nitrogens with zero attached hydrogens (tertiary/aromatic N) is 2. The van der Waals surface area contributed by atoms with E-state index in [4.69, 9.17) is 9.72 Å². The summed E-state index contributed by atoms with van der Waals surface area (Å²) in [7, 11) is 1.58. The summed E-state index contributed by atoms with van der Waals surface area (Å²) in [6.45, 7) is 0.